The Kier molecular flexibility index (Phi) is 3.68. The fourth-order valence-electron chi connectivity index (χ4n) is 3.20. The van der Waals surface area contributed by atoms with E-state index >= 15 is 0 Å². The van der Waals surface area contributed by atoms with Crippen LogP contribution in [0.1, 0.15) is 30.8 Å². The van der Waals surface area contributed by atoms with Gasteiger partial charge in [0.15, 0.2) is 0 Å². The van der Waals surface area contributed by atoms with Crippen LogP contribution in [0.25, 0.3) is 0 Å². The molecule has 4 nitrogen and oxygen atoms in total. The summed E-state index contributed by atoms with van der Waals surface area (Å²) in [5.41, 5.74) is 5.56. The van der Waals surface area contributed by atoms with Crippen LogP contribution in [0.15, 0.2) is 16.5 Å². The molecule has 1 aromatic heterocycles. The van der Waals surface area contributed by atoms with Crippen LogP contribution in [-0.4, -0.2) is 42.0 Å². The van der Waals surface area contributed by atoms with Crippen molar-refractivity contribution in [3.63, 3.8) is 0 Å². The average molecular weight is 249 g/mol. The van der Waals surface area contributed by atoms with Crippen molar-refractivity contribution in [2.45, 2.75) is 38.4 Å². The van der Waals surface area contributed by atoms with Crippen LogP contribution in [0.5, 0.6) is 0 Å². The Bertz CT molecular complexity index is 384. The Morgan fingerprint density at radius 1 is 1.17 bits per heavy atom. The molecule has 2 fully saturated rings. The van der Waals surface area contributed by atoms with Crippen molar-refractivity contribution in [2.24, 2.45) is 5.73 Å². The smallest absolute Gasteiger partial charge is 0.118 e. The number of likely N-dealkylation sites (tertiary alicyclic amines) is 2. The van der Waals surface area contributed by atoms with Crippen molar-refractivity contribution in [3.05, 3.63) is 23.7 Å². The quantitative estimate of drug-likeness (QED) is 0.876. The zero-order chi connectivity index (χ0) is 12.4. The molecule has 2 N–H and O–H groups in total. The maximum atomic E-state index is 5.68. The molecule has 1 unspecified atom stereocenters. The zero-order valence-corrected chi connectivity index (χ0v) is 11.0. The highest BCUT2D eigenvalue weighted by Crippen LogP contribution is 2.22. The van der Waals surface area contributed by atoms with Gasteiger partial charge in [0.05, 0.1) is 13.1 Å². The number of nitrogens with zero attached hydrogens (tertiary/aromatic N) is 2. The molecular weight excluding hydrogens is 226 g/mol. The van der Waals surface area contributed by atoms with Gasteiger partial charge in [-0.05, 0) is 44.5 Å². The first-order valence-corrected chi connectivity index (χ1v) is 7.09. The van der Waals surface area contributed by atoms with Gasteiger partial charge in [-0.1, -0.05) is 0 Å². The first kappa shape index (κ1) is 12.2. The van der Waals surface area contributed by atoms with Gasteiger partial charge in [-0.25, -0.2) is 0 Å². The Hall–Kier alpha value is -0.840. The van der Waals surface area contributed by atoms with Gasteiger partial charge in [-0.2, -0.15) is 0 Å². The van der Waals surface area contributed by atoms with E-state index in [0.717, 1.165) is 24.1 Å². The summed E-state index contributed by atoms with van der Waals surface area (Å²) in [6.45, 7) is 6.42. The summed E-state index contributed by atoms with van der Waals surface area (Å²) in [6.07, 6.45) is 4.08. The molecule has 1 aromatic rings. The molecule has 2 saturated heterocycles. The van der Waals surface area contributed by atoms with Crippen molar-refractivity contribution in [2.75, 3.05) is 26.2 Å². The second-order valence-corrected chi connectivity index (χ2v) is 5.49. The van der Waals surface area contributed by atoms with Gasteiger partial charge in [0.2, 0.25) is 0 Å². The lowest BCUT2D eigenvalue weighted by Gasteiger charge is -2.23. The fraction of sp³-hybridized carbons (Fsp3) is 0.714. The van der Waals surface area contributed by atoms with Crippen molar-refractivity contribution in [1.82, 2.24) is 9.80 Å². The van der Waals surface area contributed by atoms with E-state index in [9.17, 15) is 0 Å². The average Bonchev–Trinajstić information content (AvgIpc) is 3.10. The van der Waals surface area contributed by atoms with Crippen LogP contribution in [0.3, 0.4) is 0 Å². The van der Waals surface area contributed by atoms with Gasteiger partial charge in [0, 0.05) is 19.1 Å². The van der Waals surface area contributed by atoms with E-state index in [4.69, 9.17) is 10.2 Å². The minimum atomic E-state index is 0.496. The lowest BCUT2D eigenvalue weighted by atomic mass is 10.2. The Labute approximate surface area is 109 Å². The van der Waals surface area contributed by atoms with E-state index in [0.29, 0.717) is 6.54 Å². The fourth-order valence-corrected chi connectivity index (χ4v) is 3.20. The standard InChI is InChI=1S/C14H23N3O/c15-9-13-3-4-14(18-13)11-16-8-5-12(10-16)17-6-1-2-7-17/h3-4,12H,1-2,5-11,15H2. The second kappa shape index (κ2) is 5.43. The highest BCUT2D eigenvalue weighted by Gasteiger charge is 2.29. The number of nitrogens with two attached hydrogens (primary N) is 1. The molecule has 1 atom stereocenters. The number of furan rings is 1. The minimum Gasteiger partial charge on any atom is -0.463 e. The first-order valence-electron chi connectivity index (χ1n) is 7.09. The van der Waals surface area contributed by atoms with Gasteiger partial charge in [0.25, 0.3) is 0 Å². The van der Waals surface area contributed by atoms with Gasteiger partial charge in [-0.15, -0.1) is 0 Å². The molecule has 0 saturated carbocycles. The molecule has 3 heterocycles. The summed E-state index contributed by atoms with van der Waals surface area (Å²) < 4.78 is 5.68. The Balaban J connectivity index is 1.52. The SMILES string of the molecule is NCc1ccc(CN2CCC(N3CCCC3)C2)o1. The third-order valence-electron chi connectivity index (χ3n) is 4.20. The number of hydrogen-bond acceptors (Lipinski definition) is 4. The lowest BCUT2D eigenvalue weighted by Crippen LogP contribution is -2.35. The molecule has 0 amide bonds. The summed E-state index contributed by atoms with van der Waals surface area (Å²) in [7, 11) is 0. The highest BCUT2D eigenvalue weighted by molar-refractivity contribution is 5.07. The molecule has 4 heteroatoms. The van der Waals surface area contributed by atoms with E-state index in [1.165, 1.54) is 45.4 Å². The maximum Gasteiger partial charge on any atom is 0.118 e. The van der Waals surface area contributed by atoms with E-state index in [1.807, 2.05) is 6.07 Å². The molecular formula is C14H23N3O. The van der Waals surface area contributed by atoms with E-state index in [-0.39, 0.29) is 0 Å². The van der Waals surface area contributed by atoms with Gasteiger partial charge in [0.1, 0.15) is 11.5 Å². The summed E-state index contributed by atoms with van der Waals surface area (Å²) in [5.74, 6) is 1.94. The van der Waals surface area contributed by atoms with E-state index < -0.39 is 0 Å². The van der Waals surface area contributed by atoms with Gasteiger partial charge >= 0.3 is 0 Å². The second-order valence-electron chi connectivity index (χ2n) is 5.49. The van der Waals surface area contributed by atoms with Crippen molar-refractivity contribution < 1.29 is 4.42 Å². The van der Waals surface area contributed by atoms with E-state index in [1.54, 1.807) is 0 Å². The molecule has 0 radical (unpaired) electrons. The van der Waals surface area contributed by atoms with Crippen LogP contribution in [0.4, 0.5) is 0 Å². The van der Waals surface area contributed by atoms with Gasteiger partial charge in [-0.3, -0.25) is 9.80 Å². The molecule has 2 aliphatic heterocycles. The molecule has 2 aliphatic rings. The first-order chi connectivity index (χ1) is 8.85. The number of hydrogen-bond donors (Lipinski definition) is 1. The van der Waals surface area contributed by atoms with Crippen LogP contribution in [0.2, 0.25) is 0 Å². The van der Waals surface area contributed by atoms with Crippen molar-refractivity contribution >= 4 is 0 Å². The third kappa shape index (κ3) is 2.60. The van der Waals surface area contributed by atoms with Crippen LogP contribution >= 0.6 is 0 Å². The summed E-state index contributed by atoms with van der Waals surface area (Å²) in [4.78, 5) is 5.16. The predicted molar refractivity (Wildman–Crippen MR) is 71.1 cm³/mol. The molecule has 0 bridgehead atoms. The van der Waals surface area contributed by atoms with Crippen molar-refractivity contribution in [3.8, 4) is 0 Å². The summed E-state index contributed by atoms with van der Waals surface area (Å²) in [6, 6.07) is 4.82. The molecule has 0 aromatic carbocycles. The normalized spacial score (nSPS) is 26.2. The van der Waals surface area contributed by atoms with Crippen LogP contribution in [0, 0.1) is 0 Å². The maximum absolute atomic E-state index is 5.68. The number of rotatable bonds is 4. The lowest BCUT2D eigenvalue weighted by molar-refractivity contribution is 0.223. The topological polar surface area (TPSA) is 45.6 Å². The molecule has 0 aliphatic carbocycles. The van der Waals surface area contributed by atoms with Crippen molar-refractivity contribution in [1.29, 1.82) is 0 Å². The Morgan fingerprint density at radius 2 is 1.94 bits per heavy atom. The minimum absolute atomic E-state index is 0.496. The zero-order valence-electron chi connectivity index (χ0n) is 11.0. The Morgan fingerprint density at radius 3 is 2.67 bits per heavy atom. The molecule has 3 rings (SSSR count). The summed E-state index contributed by atoms with van der Waals surface area (Å²) >= 11 is 0. The molecule has 100 valence electrons. The largest absolute Gasteiger partial charge is 0.463 e. The summed E-state index contributed by atoms with van der Waals surface area (Å²) in [5, 5.41) is 0. The van der Waals surface area contributed by atoms with Crippen LogP contribution in [-0.2, 0) is 13.1 Å². The highest BCUT2D eigenvalue weighted by atomic mass is 16.3. The van der Waals surface area contributed by atoms with Crippen LogP contribution < -0.4 is 5.73 Å². The molecule has 18 heavy (non-hydrogen) atoms. The monoisotopic (exact) mass is 249 g/mol. The van der Waals surface area contributed by atoms with E-state index in [2.05, 4.69) is 15.9 Å². The molecule has 0 spiro atoms. The van der Waals surface area contributed by atoms with Gasteiger partial charge < -0.3 is 10.2 Å². The third-order valence-corrected chi connectivity index (χ3v) is 4.20. The predicted octanol–water partition coefficient (Wildman–Crippen LogP) is 1.41.